The Morgan fingerprint density at radius 3 is 1.15 bits per heavy atom. The lowest BCUT2D eigenvalue weighted by Crippen LogP contribution is -2.50. The van der Waals surface area contributed by atoms with E-state index in [-0.39, 0.29) is 12.5 Å². The molecule has 0 aliphatic heterocycles. The highest BCUT2D eigenvalue weighted by Gasteiger charge is 2.26. The fraction of sp³-hybridized carbons (Fsp3) is 0.854. The van der Waals surface area contributed by atoms with Crippen LogP contribution in [0.4, 0.5) is 0 Å². The predicted octanol–water partition coefficient (Wildman–Crippen LogP) is 13.5. The smallest absolute Gasteiger partial charge is 0.220 e. The number of aliphatic hydroxyl groups is 3. The van der Waals surface area contributed by atoms with Gasteiger partial charge in [-0.1, -0.05) is 192 Å². The molecule has 312 valence electrons. The Morgan fingerprint density at radius 2 is 0.774 bits per heavy atom. The molecule has 0 aliphatic carbocycles. The number of hydrogen-bond acceptors (Lipinski definition) is 4. The summed E-state index contributed by atoms with van der Waals surface area (Å²) >= 11 is 0. The summed E-state index contributed by atoms with van der Waals surface area (Å²) in [6.07, 6.45) is 54.0. The van der Waals surface area contributed by atoms with Crippen molar-refractivity contribution in [1.82, 2.24) is 5.32 Å². The largest absolute Gasteiger partial charge is 0.394 e. The summed E-state index contributed by atoms with van der Waals surface area (Å²) in [5.74, 6) is -0.162. The Kier molecular flexibility index (Phi) is 42.1. The second-order valence-electron chi connectivity index (χ2n) is 15.9. The minimum Gasteiger partial charge on any atom is -0.394 e. The maximum absolute atomic E-state index is 12.4. The molecule has 5 heteroatoms. The Balaban J connectivity index is 3.68. The van der Waals surface area contributed by atoms with Crippen LogP contribution in [0.1, 0.15) is 239 Å². The van der Waals surface area contributed by atoms with E-state index < -0.39 is 18.2 Å². The number of aliphatic hydroxyl groups excluding tert-OH is 3. The fourth-order valence-corrected chi connectivity index (χ4v) is 7.06. The summed E-state index contributed by atoms with van der Waals surface area (Å²) < 4.78 is 0. The number of carbonyl (C=O) groups excluding carboxylic acids is 1. The van der Waals surface area contributed by atoms with Crippen LogP contribution in [-0.4, -0.2) is 46.1 Å². The Hall–Kier alpha value is -1.43. The van der Waals surface area contributed by atoms with Gasteiger partial charge in [-0.05, 0) is 77.0 Å². The molecule has 0 aromatic carbocycles. The quantitative estimate of drug-likeness (QED) is 0.0370. The van der Waals surface area contributed by atoms with Crippen molar-refractivity contribution in [1.29, 1.82) is 0 Å². The molecule has 1 amide bonds. The van der Waals surface area contributed by atoms with E-state index in [4.69, 9.17) is 0 Å². The molecule has 0 aromatic heterocycles. The molecule has 0 aliphatic rings. The molecule has 3 unspecified atom stereocenters. The summed E-state index contributed by atoms with van der Waals surface area (Å²) in [6.45, 7) is 4.17. The SMILES string of the molecule is CCCCCCCCCCC/C=C\CCCCCCCCCC(=O)NC(CO)C(O)C(O)CCC/C=C/CC/C=C/CCCCCCCCCCCC. The van der Waals surface area contributed by atoms with Gasteiger partial charge in [-0.15, -0.1) is 0 Å². The van der Waals surface area contributed by atoms with E-state index in [1.165, 1.54) is 167 Å². The minimum atomic E-state index is -1.17. The Labute approximate surface area is 330 Å². The highest BCUT2D eigenvalue weighted by molar-refractivity contribution is 5.76. The van der Waals surface area contributed by atoms with Crippen molar-refractivity contribution < 1.29 is 20.1 Å². The molecule has 0 bridgehead atoms. The molecule has 0 rings (SSSR count). The number of rotatable bonds is 42. The van der Waals surface area contributed by atoms with Gasteiger partial charge in [0.25, 0.3) is 0 Å². The molecule has 0 fully saturated rings. The lowest BCUT2D eigenvalue weighted by atomic mass is 10.0. The third kappa shape index (κ3) is 38.6. The normalized spacial score (nSPS) is 13.8. The standard InChI is InChI=1S/C48H91NO4/c1-3-5-7-9-11-13-15-17-19-21-23-25-27-29-31-33-35-37-39-41-43-47(52)49-45(44-50)48(53)46(51)42-40-38-36-34-32-30-28-26-24-22-20-18-16-14-12-10-8-6-4-2/h23,25-26,28,34,36,45-46,48,50-51,53H,3-22,24,27,29-33,35,37-44H2,1-2H3,(H,49,52)/b25-23-,28-26+,36-34+. The van der Waals surface area contributed by atoms with E-state index in [0.717, 1.165) is 44.9 Å². The molecule has 0 heterocycles. The van der Waals surface area contributed by atoms with Gasteiger partial charge in [0.05, 0.1) is 18.8 Å². The monoisotopic (exact) mass is 746 g/mol. The number of unbranched alkanes of at least 4 members (excludes halogenated alkanes) is 28. The first-order valence-electron chi connectivity index (χ1n) is 23.3. The van der Waals surface area contributed by atoms with Crippen molar-refractivity contribution >= 4 is 5.91 Å². The van der Waals surface area contributed by atoms with Gasteiger partial charge in [-0.2, -0.15) is 0 Å². The molecule has 0 radical (unpaired) electrons. The van der Waals surface area contributed by atoms with Crippen molar-refractivity contribution in [2.24, 2.45) is 0 Å². The molecular formula is C48H91NO4. The molecule has 0 aromatic rings. The van der Waals surface area contributed by atoms with Crippen LogP contribution < -0.4 is 5.32 Å². The zero-order valence-electron chi connectivity index (χ0n) is 35.4. The molecule has 3 atom stereocenters. The van der Waals surface area contributed by atoms with Gasteiger partial charge < -0.3 is 20.6 Å². The number of hydrogen-bond donors (Lipinski definition) is 4. The van der Waals surface area contributed by atoms with Crippen LogP contribution in [0.15, 0.2) is 36.5 Å². The Morgan fingerprint density at radius 1 is 0.453 bits per heavy atom. The van der Waals surface area contributed by atoms with E-state index in [9.17, 15) is 20.1 Å². The van der Waals surface area contributed by atoms with Crippen molar-refractivity contribution in [2.75, 3.05) is 6.61 Å². The second-order valence-corrected chi connectivity index (χ2v) is 15.9. The Bertz CT molecular complexity index is 824. The fourth-order valence-electron chi connectivity index (χ4n) is 7.06. The van der Waals surface area contributed by atoms with E-state index >= 15 is 0 Å². The topological polar surface area (TPSA) is 89.8 Å². The molecular weight excluding hydrogens is 655 g/mol. The highest BCUT2D eigenvalue weighted by Crippen LogP contribution is 2.15. The first kappa shape index (κ1) is 51.6. The van der Waals surface area contributed by atoms with Gasteiger partial charge in [0.2, 0.25) is 5.91 Å². The summed E-state index contributed by atoms with van der Waals surface area (Å²) in [7, 11) is 0. The summed E-state index contributed by atoms with van der Waals surface area (Å²) in [6, 6.07) is -0.834. The van der Waals surface area contributed by atoms with Gasteiger partial charge in [0.1, 0.15) is 6.10 Å². The summed E-state index contributed by atoms with van der Waals surface area (Å²) in [4.78, 5) is 12.4. The lowest BCUT2D eigenvalue weighted by Gasteiger charge is -2.26. The lowest BCUT2D eigenvalue weighted by molar-refractivity contribution is -0.124. The van der Waals surface area contributed by atoms with Crippen molar-refractivity contribution in [3.05, 3.63) is 36.5 Å². The van der Waals surface area contributed by atoms with Crippen LogP contribution in [0.3, 0.4) is 0 Å². The van der Waals surface area contributed by atoms with Crippen LogP contribution in [-0.2, 0) is 4.79 Å². The van der Waals surface area contributed by atoms with Gasteiger partial charge in [-0.25, -0.2) is 0 Å². The van der Waals surface area contributed by atoms with Crippen LogP contribution in [0.2, 0.25) is 0 Å². The molecule has 0 spiro atoms. The molecule has 0 saturated heterocycles. The van der Waals surface area contributed by atoms with Crippen molar-refractivity contribution in [3.63, 3.8) is 0 Å². The van der Waals surface area contributed by atoms with Crippen LogP contribution in [0.25, 0.3) is 0 Å². The van der Waals surface area contributed by atoms with E-state index in [1.807, 2.05) is 0 Å². The first-order valence-corrected chi connectivity index (χ1v) is 23.3. The highest BCUT2D eigenvalue weighted by atomic mass is 16.3. The van der Waals surface area contributed by atoms with Crippen molar-refractivity contribution in [3.8, 4) is 0 Å². The van der Waals surface area contributed by atoms with Gasteiger partial charge in [-0.3, -0.25) is 4.79 Å². The van der Waals surface area contributed by atoms with E-state index in [0.29, 0.717) is 12.8 Å². The summed E-state index contributed by atoms with van der Waals surface area (Å²) in [5, 5.41) is 33.5. The maximum Gasteiger partial charge on any atom is 0.220 e. The number of carbonyl (C=O) groups is 1. The van der Waals surface area contributed by atoms with Gasteiger partial charge in [0.15, 0.2) is 0 Å². The first-order chi connectivity index (χ1) is 26.1. The van der Waals surface area contributed by atoms with Crippen LogP contribution >= 0.6 is 0 Å². The molecule has 5 nitrogen and oxygen atoms in total. The third-order valence-corrected chi connectivity index (χ3v) is 10.7. The zero-order chi connectivity index (χ0) is 38.7. The number of nitrogens with one attached hydrogen (secondary N) is 1. The molecule has 4 N–H and O–H groups in total. The second kappa shape index (κ2) is 43.3. The van der Waals surface area contributed by atoms with E-state index in [2.05, 4.69) is 55.6 Å². The van der Waals surface area contributed by atoms with Gasteiger partial charge >= 0.3 is 0 Å². The van der Waals surface area contributed by atoms with E-state index in [1.54, 1.807) is 0 Å². The summed E-state index contributed by atoms with van der Waals surface area (Å²) in [5.41, 5.74) is 0. The number of allylic oxidation sites excluding steroid dienone is 6. The average molecular weight is 746 g/mol. The van der Waals surface area contributed by atoms with Crippen LogP contribution in [0.5, 0.6) is 0 Å². The molecule has 0 saturated carbocycles. The average Bonchev–Trinajstić information content (AvgIpc) is 3.16. The third-order valence-electron chi connectivity index (χ3n) is 10.7. The minimum absolute atomic E-state index is 0.162. The maximum atomic E-state index is 12.4. The predicted molar refractivity (Wildman–Crippen MR) is 231 cm³/mol. The molecule has 53 heavy (non-hydrogen) atoms. The van der Waals surface area contributed by atoms with Gasteiger partial charge in [0, 0.05) is 6.42 Å². The van der Waals surface area contributed by atoms with Crippen molar-refractivity contribution in [2.45, 2.75) is 257 Å². The zero-order valence-corrected chi connectivity index (χ0v) is 35.4. The number of amides is 1. The van der Waals surface area contributed by atoms with Crippen LogP contribution in [0, 0.1) is 0 Å².